The normalized spacial score (nSPS) is 32.3. The molecule has 0 aliphatic carbocycles. The lowest BCUT2D eigenvalue weighted by Gasteiger charge is -2.50. The standard InChI is InChI=1S/C24H32ClN3O4/c1-23-12-18(17-6-4-3-5-7-17)13-24(32-23,10-11-29)9-8-20(22(23)31)27(2)21(30)16-28-15-19(25)14-26-28/h3-7,14-15,18,20,22,29,31H,8-13,16H2,1-2H3/t18-,20+,22-,23+,24-/m1/s1. The first-order valence-corrected chi connectivity index (χ1v) is 11.6. The zero-order valence-electron chi connectivity index (χ0n) is 18.7. The van der Waals surface area contributed by atoms with E-state index in [1.807, 2.05) is 25.1 Å². The Morgan fingerprint density at radius 1 is 1.34 bits per heavy atom. The van der Waals surface area contributed by atoms with Crippen molar-refractivity contribution < 1.29 is 19.7 Å². The van der Waals surface area contributed by atoms with E-state index in [4.69, 9.17) is 16.3 Å². The van der Waals surface area contributed by atoms with Crippen LogP contribution in [0.1, 0.15) is 50.5 Å². The fraction of sp³-hybridized carbons (Fsp3) is 0.583. The molecule has 2 saturated heterocycles. The van der Waals surface area contributed by atoms with E-state index in [-0.39, 0.29) is 25.0 Å². The third-order valence-electron chi connectivity index (χ3n) is 7.23. The van der Waals surface area contributed by atoms with Crippen LogP contribution in [0.2, 0.25) is 5.02 Å². The van der Waals surface area contributed by atoms with E-state index >= 15 is 0 Å². The Morgan fingerprint density at radius 2 is 2.09 bits per heavy atom. The predicted octanol–water partition coefficient (Wildman–Crippen LogP) is 2.99. The van der Waals surface area contributed by atoms with E-state index in [0.717, 1.165) is 6.42 Å². The van der Waals surface area contributed by atoms with Crippen LogP contribution in [0.25, 0.3) is 0 Å². The number of benzene rings is 1. The van der Waals surface area contributed by atoms with Gasteiger partial charge < -0.3 is 19.8 Å². The van der Waals surface area contributed by atoms with Crippen molar-refractivity contribution in [2.45, 2.75) is 74.8 Å². The molecule has 2 fully saturated rings. The number of ether oxygens (including phenoxy) is 1. The Hall–Kier alpha value is -1.93. The van der Waals surface area contributed by atoms with Crippen LogP contribution in [0.5, 0.6) is 0 Å². The molecule has 2 N–H and O–H groups in total. The van der Waals surface area contributed by atoms with Crippen molar-refractivity contribution in [3.63, 3.8) is 0 Å². The minimum absolute atomic E-state index is 0.0210. The second-order valence-electron chi connectivity index (χ2n) is 9.50. The minimum Gasteiger partial charge on any atom is -0.396 e. The van der Waals surface area contributed by atoms with Crippen LogP contribution >= 0.6 is 11.6 Å². The maximum atomic E-state index is 13.0. The van der Waals surface area contributed by atoms with Gasteiger partial charge >= 0.3 is 0 Å². The number of aromatic nitrogens is 2. The van der Waals surface area contributed by atoms with Crippen molar-refractivity contribution in [1.82, 2.24) is 14.7 Å². The van der Waals surface area contributed by atoms with Gasteiger partial charge in [0.1, 0.15) is 12.6 Å². The van der Waals surface area contributed by atoms with Gasteiger partial charge in [-0.15, -0.1) is 0 Å². The molecule has 3 heterocycles. The van der Waals surface area contributed by atoms with E-state index < -0.39 is 23.3 Å². The molecule has 2 bridgehead atoms. The second-order valence-corrected chi connectivity index (χ2v) is 9.94. The van der Waals surface area contributed by atoms with Gasteiger partial charge in [-0.05, 0) is 50.5 Å². The number of carbonyl (C=O) groups excluding carboxylic acids is 1. The first-order valence-electron chi connectivity index (χ1n) is 11.2. The molecule has 1 amide bonds. The Kier molecular flexibility index (Phi) is 6.63. The summed E-state index contributed by atoms with van der Waals surface area (Å²) in [7, 11) is 1.73. The van der Waals surface area contributed by atoms with Crippen LogP contribution in [-0.4, -0.2) is 67.8 Å². The highest BCUT2D eigenvalue weighted by molar-refractivity contribution is 6.30. The Balaban J connectivity index is 1.60. The third kappa shape index (κ3) is 4.57. The van der Waals surface area contributed by atoms with Crippen LogP contribution in [0.4, 0.5) is 0 Å². The highest BCUT2D eigenvalue weighted by Gasteiger charge is 2.55. The molecule has 0 spiro atoms. The highest BCUT2D eigenvalue weighted by Crippen LogP contribution is 2.51. The number of amides is 1. The van der Waals surface area contributed by atoms with Gasteiger partial charge in [-0.25, -0.2) is 0 Å². The number of aliphatic hydroxyl groups excluding tert-OH is 2. The molecule has 32 heavy (non-hydrogen) atoms. The number of hydrogen-bond acceptors (Lipinski definition) is 5. The molecule has 7 nitrogen and oxygen atoms in total. The van der Waals surface area contributed by atoms with Crippen LogP contribution in [-0.2, 0) is 16.1 Å². The van der Waals surface area contributed by atoms with Crippen molar-refractivity contribution in [2.24, 2.45) is 0 Å². The summed E-state index contributed by atoms with van der Waals surface area (Å²) in [5.74, 6) is 0.0619. The number of likely N-dealkylation sites (N-methyl/N-ethyl adjacent to an activating group) is 1. The summed E-state index contributed by atoms with van der Waals surface area (Å²) < 4.78 is 8.13. The van der Waals surface area contributed by atoms with E-state index in [9.17, 15) is 15.0 Å². The van der Waals surface area contributed by atoms with Crippen LogP contribution in [0.15, 0.2) is 42.7 Å². The molecular weight excluding hydrogens is 430 g/mol. The van der Waals surface area contributed by atoms with Gasteiger partial charge in [-0.2, -0.15) is 5.10 Å². The Labute approximate surface area is 193 Å². The van der Waals surface area contributed by atoms with Gasteiger partial charge in [0.25, 0.3) is 0 Å². The van der Waals surface area contributed by atoms with Crippen LogP contribution < -0.4 is 0 Å². The monoisotopic (exact) mass is 461 g/mol. The number of hydrogen-bond donors (Lipinski definition) is 2. The third-order valence-corrected chi connectivity index (χ3v) is 7.43. The van der Waals surface area contributed by atoms with Gasteiger partial charge in [0, 0.05) is 19.9 Å². The number of nitrogens with zero attached hydrogens (tertiary/aromatic N) is 3. The van der Waals surface area contributed by atoms with Crippen molar-refractivity contribution in [3.05, 3.63) is 53.3 Å². The first kappa shape index (κ1) is 23.2. The fourth-order valence-electron chi connectivity index (χ4n) is 5.61. The number of aliphatic hydroxyl groups is 2. The zero-order valence-corrected chi connectivity index (χ0v) is 19.4. The summed E-state index contributed by atoms with van der Waals surface area (Å²) in [5.41, 5.74) is -0.147. The molecular formula is C24H32ClN3O4. The number of fused-ring (bicyclic) bond motifs is 2. The number of carbonyl (C=O) groups is 1. The summed E-state index contributed by atoms with van der Waals surface area (Å²) in [6.07, 6.45) is 5.46. The molecule has 1 aromatic carbocycles. The van der Waals surface area contributed by atoms with Gasteiger partial charge in [0.15, 0.2) is 0 Å². The summed E-state index contributed by atoms with van der Waals surface area (Å²) in [6.45, 7) is 2.02. The molecule has 0 radical (unpaired) electrons. The average Bonchev–Trinajstić information content (AvgIpc) is 3.15. The first-order chi connectivity index (χ1) is 15.3. The zero-order chi connectivity index (χ0) is 22.9. The van der Waals surface area contributed by atoms with E-state index in [2.05, 4.69) is 17.2 Å². The van der Waals surface area contributed by atoms with E-state index in [1.165, 1.54) is 16.4 Å². The van der Waals surface area contributed by atoms with Gasteiger partial charge in [-0.1, -0.05) is 41.9 Å². The molecule has 8 heteroatoms. The lowest BCUT2D eigenvalue weighted by molar-refractivity contribution is -0.226. The van der Waals surface area contributed by atoms with Crippen molar-refractivity contribution in [1.29, 1.82) is 0 Å². The molecule has 174 valence electrons. The predicted molar refractivity (Wildman–Crippen MR) is 121 cm³/mol. The summed E-state index contributed by atoms with van der Waals surface area (Å²) in [5, 5.41) is 25.9. The van der Waals surface area contributed by atoms with Crippen LogP contribution in [0.3, 0.4) is 0 Å². The largest absolute Gasteiger partial charge is 0.396 e. The molecule has 2 aliphatic rings. The highest BCUT2D eigenvalue weighted by atomic mass is 35.5. The summed E-state index contributed by atoms with van der Waals surface area (Å²) in [4.78, 5) is 14.6. The van der Waals surface area contributed by atoms with Crippen molar-refractivity contribution in [3.8, 4) is 0 Å². The average molecular weight is 462 g/mol. The van der Waals surface area contributed by atoms with Crippen molar-refractivity contribution in [2.75, 3.05) is 13.7 Å². The van der Waals surface area contributed by atoms with Gasteiger partial charge in [-0.3, -0.25) is 9.48 Å². The smallest absolute Gasteiger partial charge is 0.244 e. The number of rotatable bonds is 6. The summed E-state index contributed by atoms with van der Waals surface area (Å²) in [6, 6.07) is 9.90. The lowest BCUT2D eigenvalue weighted by atomic mass is 9.73. The molecule has 5 atom stereocenters. The Morgan fingerprint density at radius 3 is 2.75 bits per heavy atom. The maximum absolute atomic E-state index is 13.0. The number of halogens is 1. The minimum atomic E-state index is -0.857. The summed E-state index contributed by atoms with van der Waals surface area (Å²) >= 11 is 5.92. The van der Waals surface area contributed by atoms with Crippen LogP contribution in [0, 0.1) is 0 Å². The molecule has 0 saturated carbocycles. The van der Waals surface area contributed by atoms with E-state index in [0.29, 0.717) is 30.7 Å². The molecule has 2 aliphatic heterocycles. The molecule has 1 aromatic heterocycles. The van der Waals surface area contributed by atoms with Gasteiger partial charge in [0.05, 0.1) is 28.5 Å². The lowest BCUT2D eigenvalue weighted by Crippen LogP contribution is -2.58. The second kappa shape index (κ2) is 9.14. The Bertz CT molecular complexity index is 938. The fourth-order valence-corrected chi connectivity index (χ4v) is 5.76. The van der Waals surface area contributed by atoms with E-state index in [1.54, 1.807) is 18.1 Å². The van der Waals surface area contributed by atoms with Crippen molar-refractivity contribution >= 4 is 17.5 Å². The quantitative estimate of drug-likeness (QED) is 0.690. The maximum Gasteiger partial charge on any atom is 0.244 e. The molecule has 0 unspecified atom stereocenters. The SMILES string of the molecule is CN(C(=O)Cn1cc(Cl)cn1)[C@H]1CC[C@@]2(CCO)C[C@H](c3ccccc3)C[C@](C)(O2)[C@@H]1O. The molecule has 2 aromatic rings. The topological polar surface area (TPSA) is 87.8 Å². The van der Waals surface area contributed by atoms with Gasteiger partial charge in [0.2, 0.25) is 5.91 Å². The molecule has 4 rings (SSSR count).